The zero-order chi connectivity index (χ0) is 14.0. The fourth-order valence-corrected chi connectivity index (χ4v) is 1.48. The highest BCUT2D eigenvalue weighted by atomic mass is 19.4. The molecule has 0 spiro atoms. The number of nitrogens with zero attached hydrogens (tertiary/aromatic N) is 2. The minimum absolute atomic E-state index is 0.00366. The van der Waals surface area contributed by atoms with Gasteiger partial charge in [-0.2, -0.15) is 17.6 Å². The summed E-state index contributed by atoms with van der Waals surface area (Å²) in [5.41, 5.74) is 0.213. The van der Waals surface area contributed by atoms with Crippen LogP contribution in [0.1, 0.15) is 17.0 Å². The van der Waals surface area contributed by atoms with E-state index in [1.807, 2.05) is 0 Å². The zero-order valence-electron chi connectivity index (χ0n) is 9.85. The van der Waals surface area contributed by atoms with E-state index >= 15 is 0 Å². The lowest BCUT2D eigenvalue weighted by Crippen LogP contribution is -2.07. The Labute approximate surface area is 105 Å². The van der Waals surface area contributed by atoms with E-state index in [2.05, 4.69) is 20.3 Å². The Kier molecular flexibility index (Phi) is 3.41. The summed E-state index contributed by atoms with van der Waals surface area (Å²) in [6, 6.07) is 2.70. The minimum atomic E-state index is -4.46. The van der Waals surface area contributed by atoms with Crippen molar-refractivity contribution in [1.29, 1.82) is 0 Å². The monoisotopic (exact) mass is 274 g/mol. The first-order valence-corrected chi connectivity index (χ1v) is 5.34. The minimum Gasteiger partial charge on any atom is -0.352 e. The van der Waals surface area contributed by atoms with Crippen molar-refractivity contribution < 1.29 is 17.6 Å². The van der Waals surface area contributed by atoms with Gasteiger partial charge in [-0.15, -0.1) is 0 Å². The summed E-state index contributed by atoms with van der Waals surface area (Å²) in [5.74, 6) is -0.602. The van der Waals surface area contributed by atoms with Crippen molar-refractivity contribution in [2.45, 2.75) is 19.6 Å². The molecule has 0 radical (unpaired) electrons. The van der Waals surface area contributed by atoms with Gasteiger partial charge in [0.15, 0.2) is 0 Å². The molecule has 102 valence electrons. The predicted molar refractivity (Wildman–Crippen MR) is 59.8 cm³/mol. The van der Waals surface area contributed by atoms with Gasteiger partial charge in [-0.05, 0) is 18.6 Å². The van der Waals surface area contributed by atoms with Crippen molar-refractivity contribution in [2.75, 3.05) is 5.32 Å². The average molecular weight is 274 g/mol. The van der Waals surface area contributed by atoms with Gasteiger partial charge in [-0.1, -0.05) is 6.07 Å². The molecular formula is C11H10F4N4. The number of alkyl halides is 3. The molecule has 19 heavy (non-hydrogen) atoms. The van der Waals surface area contributed by atoms with Crippen LogP contribution in [0.25, 0.3) is 0 Å². The van der Waals surface area contributed by atoms with Crippen molar-refractivity contribution in [3.63, 3.8) is 0 Å². The molecule has 2 heterocycles. The van der Waals surface area contributed by atoms with Crippen LogP contribution in [-0.2, 0) is 12.7 Å². The quantitative estimate of drug-likeness (QED) is 0.668. The number of H-pyrrole nitrogens is 1. The van der Waals surface area contributed by atoms with Gasteiger partial charge < -0.3 is 10.3 Å². The van der Waals surface area contributed by atoms with Gasteiger partial charge in [0.05, 0.1) is 6.20 Å². The van der Waals surface area contributed by atoms with Gasteiger partial charge >= 0.3 is 6.18 Å². The van der Waals surface area contributed by atoms with Gasteiger partial charge in [-0.25, -0.2) is 9.97 Å². The Balaban J connectivity index is 2.04. The van der Waals surface area contributed by atoms with Crippen LogP contribution in [0.3, 0.4) is 0 Å². The maximum Gasteiger partial charge on any atom is 0.432 e. The van der Waals surface area contributed by atoms with Crippen molar-refractivity contribution in [3.8, 4) is 0 Å². The number of imidazole rings is 1. The molecular weight excluding hydrogens is 264 g/mol. The average Bonchev–Trinajstić information content (AvgIpc) is 2.76. The Morgan fingerprint density at radius 3 is 2.63 bits per heavy atom. The van der Waals surface area contributed by atoms with Crippen molar-refractivity contribution >= 4 is 5.95 Å². The fourth-order valence-electron chi connectivity index (χ4n) is 1.48. The van der Waals surface area contributed by atoms with E-state index in [0.717, 1.165) is 0 Å². The van der Waals surface area contributed by atoms with E-state index in [4.69, 9.17) is 0 Å². The largest absolute Gasteiger partial charge is 0.432 e. The smallest absolute Gasteiger partial charge is 0.352 e. The number of pyridine rings is 1. The van der Waals surface area contributed by atoms with Crippen LogP contribution in [-0.4, -0.2) is 15.0 Å². The first-order chi connectivity index (χ1) is 8.86. The summed E-state index contributed by atoms with van der Waals surface area (Å²) in [5, 5.41) is 2.68. The molecule has 0 aliphatic carbocycles. The number of hydrogen-bond donors (Lipinski definition) is 2. The number of aryl methyl sites for hydroxylation is 1. The van der Waals surface area contributed by atoms with E-state index in [1.165, 1.54) is 12.1 Å². The Hall–Kier alpha value is -2.12. The molecule has 8 heteroatoms. The third-order valence-electron chi connectivity index (χ3n) is 2.49. The number of hydrogen-bond acceptors (Lipinski definition) is 3. The Bertz CT molecular complexity index is 576. The summed E-state index contributed by atoms with van der Waals surface area (Å²) in [6.45, 7) is 1.81. The summed E-state index contributed by atoms with van der Waals surface area (Å²) in [4.78, 5) is 9.29. The van der Waals surface area contributed by atoms with Crippen LogP contribution in [0.4, 0.5) is 23.5 Å². The van der Waals surface area contributed by atoms with Crippen LogP contribution in [0, 0.1) is 12.9 Å². The lowest BCUT2D eigenvalue weighted by Gasteiger charge is -2.06. The second kappa shape index (κ2) is 4.87. The Morgan fingerprint density at radius 1 is 1.32 bits per heavy atom. The Morgan fingerprint density at radius 2 is 2.05 bits per heavy atom. The summed E-state index contributed by atoms with van der Waals surface area (Å²) in [7, 11) is 0. The molecule has 0 atom stereocenters. The number of aromatic nitrogens is 3. The lowest BCUT2D eigenvalue weighted by atomic mass is 10.2. The molecule has 2 aromatic rings. The summed E-state index contributed by atoms with van der Waals surface area (Å²) in [6.07, 6.45) is -3.75. The van der Waals surface area contributed by atoms with Crippen LogP contribution < -0.4 is 5.32 Å². The number of halogens is 4. The van der Waals surface area contributed by atoms with E-state index in [-0.39, 0.29) is 12.5 Å². The highest BCUT2D eigenvalue weighted by Gasteiger charge is 2.32. The summed E-state index contributed by atoms with van der Waals surface area (Å²) >= 11 is 0. The van der Waals surface area contributed by atoms with Gasteiger partial charge in [0.2, 0.25) is 11.9 Å². The normalized spacial score (nSPS) is 11.6. The molecule has 0 saturated carbocycles. The second-order valence-corrected chi connectivity index (χ2v) is 3.88. The number of anilines is 1. The maximum atomic E-state index is 12.8. The van der Waals surface area contributed by atoms with Crippen LogP contribution in [0.15, 0.2) is 18.3 Å². The fraction of sp³-hybridized carbons (Fsp3) is 0.273. The van der Waals surface area contributed by atoms with Gasteiger partial charge in [0.25, 0.3) is 0 Å². The van der Waals surface area contributed by atoms with Crippen molar-refractivity contribution in [1.82, 2.24) is 15.0 Å². The standard InChI is InChI=1S/C11H10F4N4/c1-6-7(2-3-9(12)18-6)4-16-10-17-5-8(19-10)11(13,14)15/h2-3,5H,4H2,1H3,(H2,16,17,19). The van der Waals surface area contributed by atoms with Crippen LogP contribution in [0.2, 0.25) is 0 Å². The van der Waals surface area contributed by atoms with Gasteiger partial charge in [0.1, 0.15) is 5.69 Å². The van der Waals surface area contributed by atoms with Gasteiger partial charge in [0, 0.05) is 12.2 Å². The SMILES string of the molecule is Cc1nc(F)ccc1CNc1ncc(C(F)(F)F)[nH]1. The number of rotatable bonds is 3. The highest BCUT2D eigenvalue weighted by Crippen LogP contribution is 2.28. The first-order valence-electron chi connectivity index (χ1n) is 5.34. The van der Waals surface area contributed by atoms with Crippen LogP contribution in [0.5, 0.6) is 0 Å². The first kappa shape index (κ1) is 13.3. The molecule has 0 saturated heterocycles. The molecule has 4 nitrogen and oxygen atoms in total. The molecule has 0 unspecified atom stereocenters. The van der Waals surface area contributed by atoms with E-state index in [1.54, 1.807) is 6.92 Å². The van der Waals surface area contributed by atoms with Gasteiger partial charge in [-0.3, -0.25) is 0 Å². The predicted octanol–water partition coefficient (Wildman–Crippen LogP) is 2.88. The number of nitrogens with one attached hydrogen (secondary N) is 2. The molecule has 2 N–H and O–H groups in total. The lowest BCUT2D eigenvalue weighted by molar-refractivity contribution is -0.140. The molecule has 0 fully saturated rings. The maximum absolute atomic E-state index is 12.8. The summed E-state index contributed by atoms with van der Waals surface area (Å²) < 4.78 is 49.7. The molecule has 0 aliphatic rings. The molecule has 2 rings (SSSR count). The molecule has 0 aliphatic heterocycles. The van der Waals surface area contributed by atoms with Crippen LogP contribution >= 0.6 is 0 Å². The van der Waals surface area contributed by atoms with Crippen molar-refractivity contribution in [2.24, 2.45) is 0 Å². The highest BCUT2D eigenvalue weighted by molar-refractivity contribution is 5.30. The molecule has 0 aromatic carbocycles. The second-order valence-electron chi connectivity index (χ2n) is 3.88. The third-order valence-corrected chi connectivity index (χ3v) is 2.49. The zero-order valence-corrected chi connectivity index (χ0v) is 9.85. The third kappa shape index (κ3) is 3.21. The molecule has 2 aromatic heterocycles. The van der Waals surface area contributed by atoms with E-state index in [9.17, 15) is 17.6 Å². The van der Waals surface area contributed by atoms with E-state index in [0.29, 0.717) is 17.5 Å². The van der Waals surface area contributed by atoms with E-state index < -0.39 is 17.8 Å². The molecule has 0 amide bonds. The number of aromatic amines is 1. The molecule has 0 bridgehead atoms. The van der Waals surface area contributed by atoms with Crippen molar-refractivity contribution in [3.05, 3.63) is 41.2 Å². The topological polar surface area (TPSA) is 53.6 Å².